The normalized spacial score (nSPS) is 23.1. The molecule has 0 radical (unpaired) electrons. The topological polar surface area (TPSA) is 39.9 Å². The molecular weight excluding hydrogens is 198 g/mol. The van der Waals surface area contributed by atoms with Crippen molar-refractivity contribution < 1.29 is 0 Å². The van der Waals surface area contributed by atoms with Crippen molar-refractivity contribution in [1.29, 1.82) is 5.26 Å². The van der Waals surface area contributed by atoms with Gasteiger partial charge in [0.15, 0.2) is 0 Å². The Morgan fingerprint density at radius 2 is 2.38 bits per heavy atom. The van der Waals surface area contributed by atoms with Crippen LogP contribution in [0.2, 0.25) is 0 Å². The summed E-state index contributed by atoms with van der Waals surface area (Å²) >= 11 is 0. The zero-order chi connectivity index (χ0) is 11.5. The van der Waals surface area contributed by atoms with Crippen LogP contribution in [0.15, 0.2) is 18.3 Å². The molecule has 84 valence electrons. The van der Waals surface area contributed by atoms with Gasteiger partial charge in [-0.1, -0.05) is 6.92 Å². The highest BCUT2D eigenvalue weighted by Gasteiger charge is 2.32. The van der Waals surface area contributed by atoms with Crippen molar-refractivity contribution in [2.75, 3.05) is 13.6 Å². The molecule has 0 N–H and O–H groups in total. The first-order valence-corrected chi connectivity index (χ1v) is 5.72. The Bertz CT molecular complexity index is 408. The van der Waals surface area contributed by atoms with Crippen LogP contribution in [0.25, 0.3) is 0 Å². The molecule has 1 aliphatic rings. The van der Waals surface area contributed by atoms with Crippen LogP contribution in [-0.2, 0) is 6.54 Å². The van der Waals surface area contributed by atoms with Gasteiger partial charge in [-0.15, -0.1) is 0 Å². The molecule has 2 atom stereocenters. The molecular formula is C13H17N3. The summed E-state index contributed by atoms with van der Waals surface area (Å²) in [5.41, 5.74) is 1.67. The first-order valence-electron chi connectivity index (χ1n) is 5.72. The number of nitrogens with zero attached hydrogens (tertiary/aromatic N) is 3. The van der Waals surface area contributed by atoms with E-state index in [0.29, 0.717) is 5.69 Å². The smallest absolute Gasteiger partial charge is 0.140 e. The highest BCUT2D eigenvalue weighted by Crippen LogP contribution is 2.38. The van der Waals surface area contributed by atoms with Crippen LogP contribution >= 0.6 is 0 Å². The standard InChI is InChI=1S/C13H17N3/c1-10-5-12(10)9-16(2)8-11-3-4-15-13(6-11)7-14/h3-4,6,10,12H,5,8-9H2,1-2H3. The fourth-order valence-electron chi connectivity index (χ4n) is 2.06. The Hall–Kier alpha value is -1.40. The van der Waals surface area contributed by atoms with Crippen LogP contribution in [-0.4, -0.2) is 23.5 Å². The van der Waals surface area contributed by atoms with Crippen molar-refractivity contribution in [3.8, 4) is 6.07 Å². The number of aromatic nitrogens is 1. The van der Waals surface area contributed by atoms with Crippen molar-refractivity contribution in [1.82, 2.24) is 9.88 Å². The van der Waals surface area contributed by atoms with E-state index in [-0.39, 0.29) is 0 Å². The molecule has 3 nitrogen and oxygen atoms in total. The van der Waals surface area contributed by atoms with E-state index in [1.165, 1.54) is 12.0 Å². The second-order valence-corrected chi connectivity index (χ2v) is 4.83. The van der Waals surface area contributed by atoms with Crippen molar-refractivity contribution in [2.45, 2.75) is 19.9 Å². The number of hydrogen-bond donors (Lipinski definition) is 0. The summed E-state index contributed by atoms with van der Waals surface area (Å²) in [6.07, 6.45) is 3.08. The Morgan fingerprint density at radius 3 is 3.00 bits per heavy atom. The molecule has 1 aromatic rings. The largest absolute Gasteiger partial charge is 0.302 e. The minimum absolute atomic E-state index is 0.505. The lowest BCUT2D eigenvalue weighted by molar-refractivity contribution is 0.307. The van der Waals surface area contributed by atoms with Crippen LogP contribution in [0.4, 0.5) is 0 Å². The first kappa shape index (κ1) is 11.1. The van der Waals surface area contributed by atoms with Gasteiger partial charge in [0.25, 0.3) is 0 Å². The van der Waals surface area contributed by atoms with Gasteiger partial charge in [-0.2, -0.15) is 5.26 Å². The summed E-state index contributed by atoms with van der Waals surface area (Å²) in [6.45, 7) is 4.37. The highest BCUT2D eigenvalue weighted by molar-refractivity contribution is 5.25. The van der Waals surface area contributed by atoms with Crippen molar-refractivity contribution in [3.05, 3.63) is 29.6 Å². The van der Waals surface area contributed by atoms with Crippen LogP contribution in [0.5, 0.6) is 0 Å². The summed E-state index contributed by atoms with van der Waals surface area (Å²) in [4.78, 5) is 6.29. The third-order valence-electron chi connectivity index (χ3n) is 3.21. The van der Waals surface area contributed by atoms with Gasteiger partial charge in [0.2, 0.25) is 0 Å². The molecule has 1 aliphatic carbocycles. The van der Waals surface area contributed by atoms with E-state index >= 15 is 0 Å². The molecule has 0 aromatic carbocycles. The molecule has 3 heteroatoms. The number of hydrogen-bond acceptors (Lipinski definition) is 3. The first-order chi connectivity index (χ1) is 7.69. The van der Waals surface area contributed by atoms with Gasteiger partial charge in [0, 0.05) is 19.3 Å². The minimum atomic E-state index is 0.505. The van der Waals surface area contributed by atoms with E-state index in [9.17, 15) is 0 Å². The van der Waals surface area contributed by atoms with Gasteiger partial charge < -0.3 is 4.90 Å². The zero-order valence-corrected chi connectivity index (χ0v) is 9.85. The number of rotatable bonds is 4. The van der Waals surface area contributed by atoms with E-state index < -0.39 is 0 Å². The SMILES string of the molecule is CC1CC1CN(C)Cc1ccnc(C#N)c1. The van der Waals surface area contributed by atoms with E-state index in [1.54, 1.807) is 6.20 Å². The minimum Gasteiger partial charge on any atom is -0.302 e. The van der Waals surface area contributed by atoms with Crippen molar-refractivity contribution in [2.24, 2.45) is 11.8 Å². The maximum Gasteiger partial charge on any atom is 0.140 e. The monoisotopic (exact) mass is 215 g/mol. The Kier molecular flexibility index (Phi) is 3.21. The predicted octanol–water partition coefficient (Wildman–Crippen LogP) is 2.04. The van der Waals surface area contributed by atoms with Crippen molar-refractivity contribution in [3.63, 3.8) is 0 Å². The summed E-state index contributed by atoms with van der Waals surface area (Å²) in [6, 6.07) is 5.92. The van der Waals surface area contributed by atoms with E-state index in [1.807, 2.05) is 12.1 Å². The van der Waals surface area contributed by atoms with E-state index in [2.05, 4.69) is 29.9 Å². The zero-order valence-electron chi connectivity index (χ0n) is 9.85. The summed E-state index contributed by atoms with van der Waals surface area (Å²) in [7, 11) is 2.14. The Morgan fingerprint density at radius 1 is 1.62 bits per heavy atom. The molecule has 0 amide bonds. The molecule has 0 aliphatic heterocycles. The average Bonchev–Trinajstić information content (AvgIpc) is 2.94. The Labute approximate surface area is 96.7 Å². The molecule has 1 fully saturated rings. The third kappa shape index (κ3) is 2.80. The van der Waals surface area contributed by atoms with Crippen LogP contribution in [0.1, 0.15) is 24.6 Å². The summed E-state index contributed by atoms with van der Waals surface area (Å²) in [5.74, 6) is 1.77. The average molecular weight is 215 g/mol. The van der Waals surface area contributed by atoms with Gasteiger partial charge in [0.1, 0.15) is 11.8 Å². The number of pyridine rings is 1. The molecule has 16 heavy (non-hydrogen) atoms. The fourth-order valence-corrected chi connectivity index (χ4v) is 2.06. The molecule has 1 saturated carbocycles. The molecule has 1 heterocycles. The van der Waals surface area contributed by atoms with Gasteiger partial charge in [0.05, 0.1) is 0 Å². The highest BCUT2D eigenvalue weighted by atomic mass is 15.1. The molecule has 0 spiro atoms. The van der Waals surface area contributed by atoms with Gasteiger partial charge in [-0.3, -0.25) is 0 Å². The lowest BCUT2D eigenvalue weighted by atomic mass is 10.2. The van der Waals surface area contributed by atoms with E-state index in [4.69, 9.17) is 5.26 Å². The van der Waals surface area contributed by atoms with Gasteiger partial charge in [-0.05, 0) is 43.0 Å². The predicted molar refractivity (Wildman–Crippen MR) is 62.6 cm³/mol. The molecule has 1 aromatic heterocycles. The van der Waals surface area contributed by atoms with Gasteiger partial charge in [-0.25, -0.2) is 4.98 Å². The maximum absolute atomic E-state index is 8.76. The maximum atomic E-state index is 8.76. The van der Waals surface area contributed by atoms with E-state index in [0.717, 1.165) is 24.9 Å². The molecule has 0 saturated heterocycles. The fraction of sp³-hybridized carbons (Fsp3) is 0.538. The van der Waals surface area contributed by atoms with Crippen LogP contribution in [0.3, 0.4) is 0 Å². The molecule has 2 unspecified atom stereocenters. The second kappa shape index (κ2) is 4.63. The summed E-state index contributed by atoms with van der Waals surface area (Å²) in [5, 5.41) is 8.76. The van der Waals surface area contributed by atoms with Crippen LogP contribution < -0.4 is 0 Å². The molecule has 0 bridgehead atoms. The Balaban J connectivity index is 1.90. The summed E-state index contributed by atoms with van der Waals surface area (Å²) < 4.78 is 0. The van der Waals surface area contributed by atoms with Crippen LogP contribution in [0, 0.1) is 23.2 Å². The second-order valence-electron chi connectivity index (χ2n) is 4.83. The molecule has 2 rings (SSSR count). The van der Waals surface area contributed by atoms with Gasteiger partial charge >= 0.3 is 0 Å². The lowest BCUT2D eigenvalue weighted by Gasteiger charge is -2.16. The quantitative estimate of drug-likeness (QED) is 0.771. The lowest BCUT2D eigenvalue weighted by Crippen LogP contribution is -2.21. The third-order valence-corrected chi connectivity index (χ3v) is 3.21. The number of nitriles is 1. The van der Waals surface area contributed by atoms with Crippen molar-refractivity contribution >= 4 is 0 Å².